The van der Waals surface area contributed by atoms with Crippen LogP contribution in [0.25, 0.3) is 11.1 Å². The maximum Gasteiger partial charge on any atom is 0.249 e. The quantitative estimate of drug-likeness (QED) is 0.755. The van der Waals surface area contributed by atoms with Gasteiger partial charge in [0.25, 0.3) is 0 Å². The molecule has 80 valence electrons. The Labute approximate surface area is 97.4 Å². The maximum absolute atomic E-state index is 6.00. The van der Waals surface area contributed by atoms with Crippen LogP contribution in [0.1, 0.15) is 5.56 Å². The predicted octanol–water partition coefficient (Wildman–Crippen LogP) is 2.45. The van der Waals surface area contributed by atoms with Gasteiger partial charge in [-0.05, 0) is 23.6 Å². The van der Waals surface area contributed by atoms with Gasteiger partial charge in [0, 0.05) is 0 Å². The third-order valence-corrected chi connectivity index (χ3v) is 2.89. The Morgan fingerprint density at radius 2 is 1.44 bits per heavy atom. The van der Waals surface area contributed by atoms with Crippen molar-refractivity contribution in [2.75, 3.05) is 0 Å². The average Bonchev–Trinajstić information content (AvgIpc) is 2.29. The Morgan fingerprint density at radius 1 is 0.875 bits per heavy atom. The van der Waals surface area contributed by atoms with Gasteiger partial charge in [0.2, 0.25) is 6.85 Å². The average molecular weight is 209 g/mol. The van der Waals surface area contributed by atoms with Gasteiger partial charge in [0.15, 0.2) is 0 Å². The molecule has 2 N–H and O–H groups in total. The van der Waals surface area contributed by atoms with E-state index in [1.807, 2.05) is 12.9 Å². The molecular formula is C14H16BN. The van der Waals surface area contributed by atoms with Gasteiger partial charge >= 0.3 is 0 Å². The van der Waals surface area contributed by atoms with E-state index in [2.05, 4.69) is 49.4 Å². The van der Waals surface area contributed by atoms with E-state index >= 15 is 0 Å². The van der Waals surface area contributed by atoms with Crippen LogP contribution in [0.3, 0.4) is 0 Å². The molecule has 2 aromatic rings. The van der Waals surface area contributed by atoms with Crippen LogP contribution in [0.2, 0.25) is 6.82 Å². The van der Waals surface area contributed by atoms with Crippen LogP contribution in [0.4, 0.5) is 0 Å². The van der Waals surface area contributed by atoms with Crippen LogP contribution in [0.5, 0.6) is 0 Å². The standard InChI is InChI=1S/C14H16BN/c1-11-7-3-4-8-12(11)13-9-5-6-10-14(13)15(2)16/h3-10H,16H2,1-2H3. The Hall–Kier alpha value is -1.54. The van der Waals surface area contributed by atoms with Gasteiger partial charge in [0.05, 0.1) is 0 Å². The number of benzene rings is 2. The van der Waals surface area contributed by atoms with Gasteiger partial charge in [-0.1, -0.05) is 60.8 Å². The fourth-order valence-corrected chi connectivity index (χ4v) is 2.01. The first-order chi connectivity index (χ1) is 7.70. The van der Waals surface area contributed by atoms with E-state index in [9.17, 15) is 0 Å². The normalized spacial score (nSPS) is 10.2. The summed E-state index contributed by atoms with van der Waals surface area (Å²) in [4.78, 5) is 0. The summed E-state index contributed by atoms with van der Waals surface area (Å²) in [5.41, 5.74) is 11.0. The minimum Gasteiger partial charge on any atom is -0.366 e. The van der Waals surface area contributed by atoms with E-state index in [0.717, 1.165) is 0 Å². The van der Waals surface area contributed by atoms with Crippen LogP contribution in [-0.4, -0.2) is 6.85 Å². The number of rotatable bonds is 2. The van der Waals surface area contributed by atoms with Crippen molar-refractivity contribution in [1.29, 1.82) is 0 Å². The van der Waals surface area contributed by atoms with Crippen molar-refractivity contribution in [3.05, 3.63) is 54.1 Å². The molecule has 0 spiro atoms. The summed E-state index contributed by atoms with van der Waals surface area (Å²) in [7, 11) is 0. The molecule has 2 rings (SSSR count). The molecule has 0 saturated carbocycles. The Morgan fingerprint density at radius 3 is 2.06 bits per heavy atom. The van der Waals surface area contributed by atoms with E-state index in [4.69, 9.17) is 5.64 Å². The van der Waals surface area contributed by atoms with Gasteiger partial charge in [-0.2, -0.15) is 0 Å². The third-order valence-electron chi connectivity index (χ3n) is 2.89. The van der Waals surface area contributed by atoms with E-state index in [-0.39, 0.29) is 6.85 Å². The summed E-state index contributed by atoms with van der Waals surface area (Å²) < 4.78 is 0. The molecule has 0 aliphatic rings. The molecule has 0 amide bonds. The van der Waals surface area contributed by atoms with E-state index in [1.165, 1.54) is 22.2 Å². The lowest BCUT2D eigenvalue weighted by Crippen LogP contribution is -2.37. The molecule has 2 heteroatoms. The summed E-state index contributed by atoms with van der Waals surface area (Å²) in [5.74, 6) is 0. The molecule has 0 fully saturated rings. The van der Waals surface area contributed by atoms with Crippen molar-refractivity contribution in [2.24, 2.45) is 5.64 Å². The third kappa shape index (κ3) is 2.02. The van der Waals surface area contributed by atoms with E-state index < -0.39 is 0 Å². The zero-order chi connectivity index (χ0) is 11.5. The van der Waals surface area contributed by atoms with E-state index in [1.54, 1.807) is 0 Å². The fourth-order valence-electron chi connectivity index (χ4n) is 2.01. The maximum atomic E-state index is 6.00. The lowest BCUT2D eigenvalue weighted by molar-refractivity contribution is 1.46. The fraction of sp³-hybridized carbons (Fsp3) is 0.143. The Bertz CT molecular complexity index is 492. The number of hydrogen-bond donors (Lipinski definition) is 1. The monoisotopic (exact) mass is 209 g/mol. The largest absolute Gasteiger partial charge is 0.366 e. The van der Waals surface area contributed by atoms with Crippen LogP contribution in [0.15, 0.2) is 48.5 Å². The van der Waals surface area contributed by atoms with Crippen LogP contribution in [-0.2, 0) is 0 Å². The second-order valence-electron chi connectivity index (χ2n) is 4.19. The molecule has 0 saturated heterocycles. The summed E-state index contributed by atoms with van der Waals surface area (Å²) in [6.45, 7) is 4.22. The zero-order valence-corrected chi connectivity index (χ0v) is 9.77. The highest BCUT2D eigenvalue weighted by Crippen LogP contribution is 2.21. The SMILES string of the molecule is CB(N)c1ccccc1-c1ccccc1C. The predicted molar refractivity (Wildman–Crippen MR) is 72.1 cm³/mol. The van der Waals surface area contributed by atoms with E-state index in [0.29, 0.717) is 0 Å². The Balaban J connectivity index is 2.60. The molecule has 16 heavy (non-hydrogen) atoms. The van der Waals surface area contributed by atoms with Crippen molar-refractivity contribution in [1.82, 2.24) is 0 Å². The molecule has 0 aromatic heterocycles. The minimum atomic E-state index is 0.0656. The summed E-state index contributed by atoms with van der Waals surface area (Å²) in [6, 6.07) is 16.8. The van der Waals surface area contributed by atoms with Gasteiger partial charge in [-0.25, -0.2) is 0 Å². The molecule has 2 aromatic carbocycles. The van der Waals surface area contributed by atoms with Crippen LogP contribution < -0.4 is 11.1 Å². The lowest BCUT2D eigenvalue weighted by atomic mass is 9.58. The molecule has 0 radical (unpaired) electrons. The van der Waals surface area contributed by atoms with Gasteiger partial charge < -0.3 is 5.64 Å². The molecular weight excluding hydrogens is 193 g/mol. The number of aryl methyl sites for hydroxylation is 1. The molecule has 0 unspecified atom stereocenters. The number of nitrogens with two attached hydrogens (primary N) is 1. The molecule has 0 aliphatic heterocycles. The highest BCUT2D eigenvalue weighted by atomic mass is 14.4. The number of hydrogen-bond acceptors (Lipinski definition) is 1. The second kappa shape index (κ2) is 4.54. The molecule has 0 bridgehead atoms. The van der Waals surface area contributed by atoms with Crippen molar-refractivity contribution in [3.63, 3.8) is 0 Å². The van der Waals surface area contributed by atoms with Crippen molar-refractivity contribution >= 4 is 12.3 Å². The van der Waals surface area contributed by atoms with Crippen LogP contribution >= 0.6 is 0 Å². The summed E-state index contributed by atoms with van der Waals surface area (Å²) >= 11 is 0. The van der Waals surface area contributed by atoms with Crippen LogP contribution in [0, 0.1) is 6.92 Å². The minimum absolute atomic E-state index is 0.0656. The van der Waals surface area contributed by atoms with Gasteiger partial charge in [0.1, 0.15) is 0 Å². The summed E-state index contributed by atoms with van der Waals surface area (Å²) in [5, 5.41) is 0. The molecule has 1 nitrogen and oxygen atoms in total. The van der Waals surface area contributed by atoms with Gasteiger partial charge in [-0.3, -0.25) is 0 Å². The first kappa shape index (κ1) is 11.0. The first-order valence-electron chi connectivity index (χ1n) is 5.60. The summed E-state index contributed by atoms with van der Waals surface area (Å²) in [6.07, 6.45) is 0. The van der Waals surface area contributed by atoms with Crippen molar-refractivity contribution < 1.29 is 0 Å². The smallest absolute Gasteiger partial charge is 0.249 e. The van der Waals surface area contributed by atoms with Crippen molar-refractivity contribution in [2.45, 2.75) is 13.7 Å². The molecule has 0 heterocycles. The highest BCUT2D eigenvalue weighted by Gasteiger charge is 2.11. The lowest BCUT2D eigenvalue weighted by Gasteiger charge is -2.12. The molecule has 0 aliphatic carbocycles. The first-order valence-corrected chi connectivity index (χ1v) is 5.60. The molecule has 0 atom stereocenters. The van der Waals surface area contributed by atoms with Crippen molar-refractivity contribution in [3.8, 4) is 11.1 Å². The topological polar surface area (TPSA) is 26.0 Å². The second-order valence-corrected chi connectivity index (χ2v) is 4.19. The highest BCUT2D eigenvalue weighted by molar-refractivity contribution is 6.70. The Kier molecular flexibility index (Phi) is 3.11. The van der Waals surface area contributed by atoms with Gasteiger partial charge in [-0.15, -0.1) is 0 Å². The zero-order valence-electron chi connectivity index (χ0n) is 9.77.